The van der Waals surface area contributed by atoms with Gasteiger partial charge in [-0.15, -0.1) is 0 Å². The van der Waals surface area contributed by atoms with Gasteiger partial charge in [0.05, 0.1) is 5.41 Å². The number of ether oxygens (including phenoxy) is 1. The van der Waals surface area contributed by atoms with Crippen LogP contribution >= 0.6 is 0 Å². The van der Waals surface area contributed by atoms with Crippen LogP contribution in [0.5, 0.6) is 0 Å². The minimum Gasteiger partial charge on any atom is -0.381 e. The second kappa shape index (κ2) is 9.60. The first-order valence-electron chi connectivity index (χ1n) is 12.1. The van der Waals surface area contributed by atoms with Gasteiger partial charge < -0.3 is 9.64 Å². The van der Waals surface area contributed by atoms with Crippen molar-refractivity contribution in [1.82, 2.24) is 9.88 Å². The summed E-state index contributed by atoms with van der Waals surface area (Å²) in [6.45, 7) is 2.44. The van der Waals surface area contributed by atoms with Crippen molar-refractivity contribution in [2.24, 2.45) is 5.92 Å². The number of hydrogen-bond acceptors (Lipinski definition) is 3. The molecule has 0 N–H and O–H groups in total. The molecule has 33 heavy (non-hydrogen) atoms. The highest BCUT2D eigenvalue weighted by Gasteiger charge is 2.45. The number of benzene rings is 2. The van der Waals surface area contributed by atoms with E-state index >= 15 is 0 Å². The van der Waals surface area contributed by atoms with Crippen molar-refractivity contribution in [2.45, 2.75) is 43.9 Å². The molecule has 5 rings (SSSR count). The van der Waals surface area contributed by atoms with Crippen molar-refractivity contribution >= 4 is 16.7 Å². The fourth-order valence-electron chi connectivity index (χ4n) is 5.70. The average molecular weight is 447 g/mol. The predicted octanol–water partition coefficient (Wildman–Crippen LogP) is 5.29. The SMILES string of the molecule is O=C(N1CCC[C@@H](Cc2cncc3ccccc23)CC1)C1(c2ccccc2F)CCOCC1. The Balaban J connectivity index is 1.33. The second-order valence-electron chi connectivity index (χ2n) is 9.49. The second-order valence-corrected chi connectivity index (χ2v) is 9.49. The summed E-state index contributed by atoms with van der Waals surface area (Å²) in [7, 11) is 0. The van der Waals surface area contributed by atoms with Crippen LogP contribution in [0.1, 0.15) is 43.2 Å². The molecular weight excluding hydrogens is 415 g/mol. The molecule has 0 radical (unpaired) electrons. The van der Waals surface area contributed by atoms with Gasteiger partial charge in [-0.25, -0.2) is 4.39 Å². The Morgan fingerprint density at radius 3 is 2.67 bits per heavy atom. The molecule has 4 nitrogen and oxygen atoms in total. The monoisotopic (exact) mass is 446 g/mol. The van der Waals surface area contributed by atoms with Crippen LogP contribution in [-0.4, -0.2) is 42.1 Å². The van der Waals surface area contributed by atoms with E-state index in [1.165, 1.54) is 22.4 Å². The van der Waals surface area contributed by atoms with Crippen molar-refractivity contribution in [3.05, 3.63) is 77.9 Å². The maximum atomic E-state index is 14.8. The number of aromatic nitrogens is 1. The van der Waals surface area contributed by atoms with Crippen LogP contribution in [-0.2, 0) is 21.4 Å². The van der Waals surface area contributed by atoms with Crippen molar-refractivity contribution < 1.29 is 13.9 Å². The molecule has 0 bridgehead atoms. The number of fused-ring (bicyclic) bond motifs is 1. The number of hydrogen-bond donors (Lipinski definition) is 0. The topological polar surface area (TPSA) is 42.4 Å². The summed E-state index contributed by atoms with van der Waals surface area (Å²) < 4.78 is 20.4. The van der Waals surface area contributed by atoms with Crippen molar-refractivity contribution in [2.75, 3.05) is 26.3 Å². The number of pyridine rings is 1. The lowest BCUT2D eigenvalue weighted by molar-refractivity contribution is -0.141. The van der Waals surface area contributed by atoms with Gasteiger partial charge in [-0.05, 0) is 61.5 Å². The molecule has 2 aromatic carbocycles. The molecule has 172 valence electrons. The van der Waals surface area contributed by atoms with E-state index in [-0.39, 0.29) is 11.7 Å². The van der Waals surface area contributed by atoms with Gasteiger partial charge in [0.15, 0.2) is 0 Å². The normalized spacial score (nSPS) is 21.0. The lowest BCUT2D eigenvalue weighted by atomic mass is 9.72. The number of amides is 1. The number of carbonyl (C=O) groups excluding carboxylic acids is 1. The number of rotatable bonds is 4. The van der Waals surface area contributed by atoms with E-state index in [9.17, 15) is 9.18 Å². The molecule has 1 aromatic heterocycles. The first kappa shape index (κ1) is 22.0. The summed E-state index contributed by atoms with van der Waals surface area (Å²) in [5, 5.41) is 2.44. The first-order valence-corrected chi connectivity index (χ1v) is 12.1. The molecule has 0 aliphatic carbocycles. The largest absolute Gasteiger partial charge is 0.381 e. The highest BCUT2D eigenvalue weighted by molar-refractivity contribution is 5.88. The quantitative estimate of drug-likeness (QED) is 0.547. The van der Waals surface area contributed by atoms with Gasteiger partial charge in [0.2, 0.25) is 5.91 Å². The molecule has 1 atom stereocenters. The van der Waals surface area contributed by atoms with Crippen LogP contribution in [0, 0.1) is 11.7 Å². The van der Waals surface area contributed by atoms with Gasteiger partial charge in [0.25, 0.3) is 0 Å². The van der Waals surface area contributed by atoms with Crippen LogP contribution in [0.3, 0.4) is 0 Å². The van der Waals surface area contributed by atoms with Crippen LogP contribution < -0.4 is 0 Å². The lowest BCUT2D eigenvalue weighted by Crippen LogP contribution is -2.50. The number of carbonyl (C=O) groups is 1. The molecule has 2 aliphatic rings. The van der Waals surface area contributed by atoms with Crippen LogP contribution in [0.25, 0.3) is 10.8 Å². The zero-order valence-corrected chi connectivity index (χ0v) is 19.0. The van der Waals surface area contributed by atoms with Crippen molar-refractivity contribution in [1.29, 1.82) is 0 Å². The van der Waals surface area contributed by atoms with Crippen LogP contribution in [0.2, 0.25) is 0 Å². The Labute approximate surface area is 194 Å². The third-order valence-electron chi connectivity index (χ3n) is 7.54. The molecule has 5 heteroatoms. The molecule has 2 saturated heterocycles. The fraction of sp³-hybridized carbons (Fsp3) is 0.429. The molecule has 3 heterocycles. The molecule has 0 saturated carbocycles. The minimum absolute atomic E-state index is 0.0726. The summed E-state index contributed by atoms with van der Waals surface area (Å²) in [5.41, 5.74) is 0.995. The standard InChI is InChI=1S/C28H31FN2O2/c29-26-10-4-3-9-25(26)28(12-16-33-17-13-28)27(32)31-14-5-6-21(11-15-31)18-23-20-30-19-22-7-1-2-8-24(22)23/h1-4,7-10,19-21H,5-6,11-18H2/t21-/m1/s1. The molecule has 2 aliphatic heterocycles. The Morgan fingerprint density at radius 2 is 1.82 bits per heavy atom. The van der Waals surface area contributed by atoms with Crippen molar-refractivity contribution in [3.63, 3.8) is 0 Å². The van der Waals surface area contributed by atoms with E-state index < -0.39 is 5.41 Å². The van der Waals surface area contributed by atoms with Crippen molar-refractivity contribution in [3.8, 4) is 0 Å². The Bertz CT molecular complexity index is 1120. The summed E-state index contributed by atoms with van der Waals surface area (Å²) in [4.78, 5) is 20.4. The van der Waals surface area contributed by atoms with E-state index in [0.29, 0.717) is 37.5 Å². The maximum Gasteiger partial charge on any atom is 0.233 e. The third kappa shape index (κ3) is 4.39. The van der Waals surface area contributed by atoms with Crippen LogP contribution in [0.15, 0.2) is 60.9 Å². The predicted molar refractivity (Wildman–Crippen MR) is 127 cm³/mol. The van der Waals surface area contributed by atoms with E-state index in [1.54, 1.807) is 12.1 Å². The molecule has 2 fully saturated rings. The number of nitrogens with zero attached hydrogens (tertiary/aromatic N) is 2. The summed E-state index contributed by atoms with van der Waals surface area (Å²) in [6.07, 6.45) is 8.97. The molecule has 0 unspecified atom stereocenters. The summed E-state index contributed by atoms with van der Waals surface area (Å²) in [6, 6.07) is 15.2. The zero-order valence-electron chi connectivity index (χ0n) is 19.0. The number of likely N-dealkylation sites (tertiary alicyclic amines) is 1. The Hall–Kier alpha value is -2.79. The lowest BCUT2D eigenvalue weighted by Gasteiger charge is -2.40. The van der Waals surface area contributed by atoms with Gasteiger partial charge in [-0.3, -0.25) is 9.78 Å². The molecule has 3 aromatic rings. The highest BCUT2D eigenvalue weighted by Crippen LogP contribution is 2.39. The molecule has 1 amide bonds. The van der Waals surface area contributed by atoms with Gasteiger partial charge in [-0.1, -0.05) is 42.5 Å². The van der Waals surface area contributed by atoms with Gasteiger partial charge in [0.1, 0.15) is 5.82 Å². The van der Waals surface area contributed by atoms with E-state index in [1.807, 2.05) is 29.4 Å². The zero-order chi connectivity index (χ0) is 22.7. The van der Waals surface area contributed by atoms with E-state index in [4.69, 9.17) is 4.74 Å². The average Bonchev–Trinajstić information content (AvgIpc) is 3.10. The van der Waals surface area contributed by atoms with Crippen LogP contribution in [0.4, 0.5) is 4.39 Å². The summed E-state index contributed by atoms with van der Waals surface area (Å²) >= 11 is 0. The van der Waals surface area contributed by atoms with Gasteiger partial charge in [0, 0.05) is 49.6 Å². The van der Waals surface area contributed by atoms with Gasteiger partial charge in [-0.2, -0.15) is 0 Å². The maximum absolute atomic E-state index is 14.8. The highest BCUT2D eigenvalue weighted by atomic mass is 19.1. The van der Waals surface area contributed by atoms with E-state index in [2.05, 4.69) is 23.2 Å². The third-order valence-corrected chi connectivity index (χ3v) is 7.54. The number of halogens is 1. The fourth-order valence-corrected chi connectivity index (χ4v) is 5.70. The minimum atomic E-state index is -0.816. The van der Waals surface area contributed by atoms with Gasteiger partial charge >= 0.3 is 0 Å². The smallest absolute Gasteiger partial charge is 0.233 e. The summed E-state index contributed by atoms with van der Waals surface area (Å²) in [5.74, 6) is 0.293. The Kier molecular flexibility index (Phi) is 6.41. The van der Waals surface area contributed by atoms with E-state index in [0.717, 1.165) is 38.8 Å². The molecule has 0 spiro atoms. The first-order chi connectivity index (χ1) is 16.2. The molecular formula is C28H31FN2O2. The Morgan fingerprint density at radius 1 is 1.03 bits per heavy atom.